The fraction of sp³-hybridized carbons (Fsp3) is 0.588. The van der Waals surface area contributed by atoms with Crippen LogP contribution in [0, 0.1) is 25.2 Å². The number of nitrogens with zero attached hydrogens (tertiary/aromatic N) is 2. The molecule has 3 heteroatoms. The van der Waals surface area contributed by atoms with Crippen molar-refractivity contribution in [3.8, 4) is 0 Å². The average molecular weight is 270 g/mol. The smallest absolute Gasteiger partial charge is 0.147 e. The minimum Gasteiger partial charge on any atom is -0.299 e. The summed E-state index contributed by atoms with van der Waals surface area (Å²) in [4.78, 5) is 17.8. The van der Waals surface area contributed by atoms with Crippen molar-refractivity contribution in [3.63, 3.8) is 0 Å². The minimum atomic E-state index is -0.139. The predicted molar refractivity (Wildman–Crippen MR) is 78.6 cm³/mol. The average Bonchev–Trinajstić information content (AvgIpc) is 2.38. The molecule has 4 saturated heterocycles. The number of benzene rings is 1. The Bertz CT molecular complexity index is 566. The van der Waals surface area contributed by atoms with Gasteiger partial charge in [0.15, 0.2) is 0 Å². The van der Waals surface area contributed by atoms with E-state index in [4.69, 9.17) is 0 Å². The topological polar surface area (TPSA) is 23.6 Å². The summed E-state index contributed by atoms with van der Waals surface area (Å²) < 4.78 is 0. The van der Waals surface area contributed by atoms with E-state index < -0.39 is 0 Å². The van der Waals surface area contributed by atoms with Crippen molar-refractivity contribution in [2.24, 2.45) is 11.3 Å². The van der Waals surface area contributed by atoms with E-state index >= 15 is 0 Å². The van der Waals surface area contributed by atoms with Gasteiger partial charge in [-0.2, -0.15) is 0 Å². The fourth-order valence-electron chi connectivity index (χ4n) is 4.58. The molecule has 4 fully saturated rings. The third-order valence-corrected chi connectivity index (χ3v) is 5.33. The van der Waals surface area contributed by atoms with Crippen LogP contribution >= 0.6 is 0 Å². The van der Waals surface area contributed by atoms with E-state index in [2.05, 4.69) is 41.8 Å². The van der Waals surface area contributed by atoms with Crippen LogP contribution in [0.15, 0.2) is 18.2 Å². The normalized spacial score (nSPS) is 38.5. The monoisotopic (exact) mass is 270 g/mol. The van der Waals surface area contributed by atoms with Gasteiger partial charge in [-0.05, 0) is 31.4 Å². The zero-order valence-electron chi connectivity index (χ0n) is 12.4. The standard InChI is InChI=1S/C17H22N2O/c1-12-3-4-14(13(2)5-12)6-17-9-18-7-15(16(17)20)8-19(10-17)11-18/h3-5,15H,6-11H2,1-2H3. The van der Waals surface area contributed by atoms with Gasteiger partial charge >= 0.3 is 0 Å². The van der Waals surface area contributed by atoms with Gasteiger partial charge in [0.1, 0.15) is 5.78 Å². The Kier molecular flexibility index (Phi) is 2.60. The maximum atomic E-state index is 12.8. The van der Waals surface area contributed by atoms with E-state index in [1.807, 2.05) is 0 Å². The zero-order chi connectivity index (χ0) is 13.9. The van der Waals surface area contributed by atoms with Crippen LogP contribution in [0.1, 0.15) is 16.7 Å². The minimum absolute atomic E-state index is 0.139. The second kappa shape index (κ2) is 4.15. The van der Waals surface area contributed by atoms with Crippen LogP contribution < -0.4 is 0 Å². The molecule has 0 spiro atoms. The largest absolute Gasteiger partial charge is 0.299 e. The quantitative estimate of drug-likeness (QED) is 0.816. The maximum absolute atomic E-state index is 12.8. The molecule has 4 bridgehead atoms. The van der Waals surface area contributed by atoms with E-state index in [-0.39, 0.29) is 11.3 Å². The summed E-state index contributed by atoms with van der Waals surface area (Å²) in [7, 11) is 0. The van der Waals surface area contributed by atoms with E-state index in [0.717, 1.165) is 39.3 Å². The lowest BCUT2D eigenvalue weighted by molar-refractivity contribution is -0.165. The van der Waals surface area contributed by atoms with Crippen molar-refractivity contribution in [3.05, 3.63) is 34.9 Å². The molecule has 3 nitrogen and oxygen atoms in total. The molecular formula is C17H22N2O. The molecule has 5 rings (SSSR count). The first-order chi connectivity index (χ1) is 9.56. The van der Waals surface area contributed by atoms with Crippen LogP contribution in [-0.2, 0) is 11.2 Å². The second-order valence-corrected chi connectivity index (χ2v) is 7.11. The molecule has 4 aliphatic rings. The number of rotatable bonds is 2. The highest BCUT2D eigenvalue weighted by Crippen LogP contribution is 2.42. The molecule has 0 aromatic heterocycles. The lowest BCUT2D eigenvalue weighted by Crippen LogP contribution is -2.72. The molecule has 2 unspecified atom stereocenters. The van der Waals surface area contributed by atoms with Crippen LogP contribution in [0.5, 0.6) is 0 Å². The Labute approximate surface area is 120 Å². The predicted octanol–water partition coefficient (Wildman–Crippen LogP) is 1.62. The fourth-order valence-corrected chi connectivity index (χ4v) is 4.58. The molecule has 20 heavy (non-hydrogen) atoms. The van der Waals surface area contributed by atoms with Crippen molar-refractivity contribution in [1.82, 2.24) is 9.80 Å². The lowest BCUT2D eigenvalue weighted by Gasteiger charge is -2.58. The molecule has 106 valence electrons. The number of Topliss-reactive ketones (excluding diaryl/α,β-unsaturated/α-hetero) is 1. The maximum Gasteiger partial charge on any atom is 0.147 e. The molecular weight excluding hydrogens is 248 g/mol. The van der Waals surface area contributed by atoms with Crippen LogP contribution in [0.4, 0.5) is 0 Å². The number of hydrogen-bond acceptors (Lipinski definition) is 3. The third-order valence-electron chi connectivity index (χ3n) is 5.33. The first kappa shape index (κ1) is 12.5. The molecule has 0 radical (unpaired) electrons. The number of ketones is 1. The molecule has 1 aromatic rings. The summed E-state index contributed by atoms with van der Waals surface area (Å²) in [6.45, 7) is 9.28. The van der Waals surface area contributed by atoms with Crippen LogP contribution in [0.25, 0.3) is 0 Å². The molecule has 0 N–H and O–H groups in total. The van der Waals surface area contributed by atoms with Crippen LogP contribution in [-0.4, -0.2) is 48.4 Å². The van der Waals surface area contributed by atoms with Crippen molar-refractivity contribution in [2.45, 2.75) is 20.3 Å². The highest BCUT2D eigenvalue weighted by Gasteiger charge is 2.55. The van der Waals surface area contributed by atoms with Crippen molar-refractivity contribution in [2.75, 3.05) is 32.8 Å². The van der Waals surface area contributed by atoms with Crippen molar-refractivity contribution in [1.29, 1.82) is 0 Å². The van der Waals surface area contributed by atoms with Gasteiger partial charge in [0.25, 0.3) is 0 Å². The second-order valence-electron chi connectivity index (χ2n) is 7.11. The number of aryl methyl sites for hydroxylation is 2. The third kappa shape index (κ3) is 1.76. The molecule has 0 saturated carbocycles. The molecule has 4 aliphatic heterocycles. The number of carbonyl (C=O) groups excluding carboxylic acids is 1. The van der Waals surface area contributed by atoms with E-state index in [1.165, 1.54) is 16.7 Å². The highest BCUT2D eigenvalue weighted by atomic mass is 16.1. The van der Waals surface area contributed by atoms with Gasteiger partial charge < -0.3 is 0 Å². The molecule has 4 heterocycles. The SMILES string of the molecule is Cc1ccc(CC23CN4CC(CN(C4)C2)C3=O)c(C)c1. The Morgan fingerprint density at radius 2 is 1.90 bits per heavy atom. The number of hydrogen-bond donors (Lipinski definition) is 0. The summed E-state index contributed by atoms with van der Waals surface area (Å²) in [5, 5.41) is 0. The summed E-state index contributed by atoms with van der Waals surface area (Å²) >= 11 is 0. The Balaban J connectivity index is 1.68. The molecule has 0 amide bonds. The highest BCUT2D eigenvalue weighted by molar-refractivity contribution is 5.90. The summed E-state index contributed by atoms with van der Waals surface area (Å²) in [5.41, 5.74) is 3.85. The van der Waals surface area contributed by atoms with Crippen molar-refractivity contribution < 1.29 is 4.79 Å². The zero-order valence-corrected chi connectivity index (χ0v) is 12.4. The van der Waals surface area contributed by atoms with Gasteiger partial charge in [-0.25, -0.2) is 0 Å². The summed E-state index contributed by atoms with van der Waals surface area (Å²) in [5.74, 6) is 0.793. The molecule has 1 aromatic carbocycles. The van der Waals surface area contributed by atoms with Gasteiger partial charge in [0.05, 0.1) is 12.1 Å². The van der Waals surface area contributed by atoms with Gasteiger partial charge in [0.2, 0.25) is 0 Å². The van der Waals surface area contributed by atoms with Gasteiger partial charge in [-0.3, -0.25) is 14.6 Å². The summed E-state index contributed by atoms with van der Waals surface area (Å²) in [6.07, 6.45) is 0.918. The summed E-state index contributed by atoms with van der Waals surface area (Å²) in [6, 6.07) is 6.63. The van der Waals surface area contributed by atoms with Crippen LogP contribution in [0.2, 0.25) is 0 Å². The van der Waals surface area contributed by atoms with E-state index in [1.54, 1.807) is 0 Å². The Hall–Kier alpha value is -1.19. The Morgan fingerprint density at radius 3 is 2.55 bits per heavy atom. The van der Waals surface area contributed by atoms with E-state index in [9.17, 15) is 4.79 Å². The van der Waals surface area contributed by atoms with Crippen LogP contribution in [0.3, 0.4) is 0 Å². The molecule has 0 aliphatic carbocycles. The van der Waals surface area contributed by atoms with Gasteiger partial charge in [0, 0.05) is 32.1 Å². The van der Waals surface area contributed by atoms with Crippen molar-refractivity contribution >= 4 is 5.78 Å². The first-order valence-corrected chi connectivity index (χ1v) is 7.61. The van der Waals surface area contributed by atoms with Gasteiger partial charge in [-0.1, -0.05) is 23.8 Å². The lowest BCUT2D eigenvalue weighted by atomic mass is 9.66. The number of piperidine rings is 2. The van der Waals surface area contributed by atoms with E-state index in [0.29, 0.717) is 5.78 Å². The number of carbonyl (C=O) groups is 1. The Morgan fingerprint density at radius 1 is 1.20 bits per heavy atom. The van der Waals surface area contributed by atoms with Gasteiger partial charge in [-0.15, -0.1) is 0 Å². The first-order valence-electron chi connectivity index (χ1n) is 7.61. The molecule has 2 atom stereocenters.